The quantitative estimate of drug-likeness (QED) is 0.831. The predicted molar refractivity (Wildman–Crippen MR) is 83.0 cm³/mol. The first-order valence-electron chi connectivity index (χ1n) is 8.01. The zero-order valence-corrected chi connectivity index (χ0v) is 12.5. The van der Waals surface area contributed by atoms with Crippen LogP contribution in [0.3, 0.4) is 0 Å². The van der Waals surface area contributed by atoms with Gasteiger partial charge in [0.2, 0.25) is 0 Å². The molecule has 20 heavy (non-hydrogen) atoms. The lowest BCUT2D eigenvalue weighted by molar-refractivity contribution is 0.231. The van der Waals surface area contributed by atoms with Crippen molar-refractivity contribution < 1.29 is 0 Å². The second-order valence-electron chi connectivity index (χ2n) is 5.96. The molecule has 0 aliphatic carbocycles. The Morgan fingerprint density at radius 1 is 1.35 bits per heavy atom. The molecule has 0 radical (unpaired) electrons. The molecule has 2 fully saturated rings. The molecule has 2 aliphatic rings. The molecule has 1 aromatic heterocycles. The lowest BCUT2D eigenvalue weighted by atomic mass is 10.1. The molecule has 110 valence electrons. The summed E-state index contributed by atoms with van der Waals surface area (Å²) in [5.41, 5.74) is 2.50. The molecule has 0 saturated carbocycles. The summed E-state index contributed by atoms with van der Waals surface area (Å²) in [6.45, 7) is 9.00. The van der Waals surface area contributed by atoms with E-state index in [-0.39, 0.29) is 0 Å². The van der Waals surface area contributed by atoms with Crippen molar-refractivity contribution in [3.05, 3.63) is 24.0 Å². The number of fused-ring (bicyclic) bond motifs is 1. The third-order valence-electron chi connectivity index (χ3n) is 4.49. The van der Waals surface area contributed by atoms with Crippen LogP contribution in [0.4, 0.5) is 5.69 Å². The molecule has 0 amide bonds. The summed E-state index contributed by atoms with van der Waals surface area (Å²) in [6, 6.07) is 5.19. The van der Waals surface area contributed by atoms with Gasteiger partial charge in [-0.15, -0.1) is 0 Å². The van der Waals surface area contributed by atoms with Crippen molar-refractivity contribution in [1.29, 1.82) is 0 Å². The SMILES string of the molecule is CCCNCc1cc(N2CCN3CCCC3C2)ccn1. The van der Waals surface area contributed by atoms with Crippen molar-refractivity contribution in [3.63, 3.8) is 0 Å². The Morgan fingerprint density at radius 2 is 2.30 bits per heavy atom. The molecular formula is C16H26N4. The topological polar surface area (TPSA) is 31.4 Å². The summed E-state index contributed by atoms with van der Waals surface area (Å²) < 4.78 is 0. The van der Waals surface area contributed by atoms with Gasteiger partial charge >= 0.3 is 0 Å². The van der Waals surface area contributed by atoms with Crippen LogP contribution in [-0.4, -0.2) is 48.6 Å². The maximum atomic E-state index is 4.47. The molecule has 1 atom stereocenters. The number of rotatable bonds is 5. The van der Waals surface area contributed by atoms with Crippen LogP contribution in [-0.2, 0) is 6.54 Å². The number of nitrogens with one attached hydrogen (secondary N) is 1. The highest BCUT2D eigenvalue weighted by Crippen LogP contribution is 2.25. The fraction of sp³-hybridized carbons (Fsp3) is 0.688. The molecule has 0 aromatic carbocycles. The first-order chi connectivity index (χ1) is 9.86. The average Bonchev–Trinajstić information content (AvgIpc) is 2.95. The van der Waals surface area contributed by atoms with E-state index in [0.29, 0.717) is 0 Å². The smallest absolute Gasteiger partial charge is 0.0562 e. The summed E-state index contributed by atoms with van der Waals surface area (Å²) in [7, 11) is 0. The van der Waals surface area contributed by atoms with Crippen molar-refractivity contribution in [2.75, 3.05) is 37.6 Å². The van der Waals surface area contributed by atoms with Gasteiger partial charge in [0.05, 0.1) is 5.69 Å². The van der Waals surface area contributed by atoms with E-state index in [1.165, 1.54) is 44.6 Å². The average molecular weight is 274 g/mol. The molecular weight excluding hydrogens is 248 g/mol. The second-order valence-corrected chi connectivity index (χ2v) is 5.96. The maximum Gasteiger partial charge on any atom is 0.0562 e. The van der Waals surface area contributed by atoms with Crippen LogP contribution in [0.15, 0.2) is 18.3 Å². The monoisotopic (exact) mass is 274 g/mol. The minimum atomic E-state index is 0.776. The van der Waals surface area contributed by atoms with E-state index >= 15 is 0 Å². The van der Waals surface area contributed by atoms with E-state index in [1.807, 2.05) is 6.20 Å². The Hall–Kier alpha value is -1.13. The number of anilines is 1. The molecule has 0 bridgehead atoms. The van der Waals surface area contributed by atoms with Crippen molar-refractivity contribution in [2.24, 2.45) is 0 Å². The first kappa shape index (κ1) is 13.8. The third kappa shape index (κ3) is 3.13. The van der Waals surface area contributed by atoms with E-state index in [2.05, 4.69) is 39.2 Å². The third-order valence-corrected chi connectivity index (χ3v) is 4.49. The van der Waals surface area contributed by atoms with Crippen molar-refractivity contribution in [2.45, 2.75) is 38.8 Å². The standard InChI is InChI=1S/C16H26N4/c1-2-6-17-12-14-11-15(5-7-18-14)20-10-9-19-8-3-4-16(19)13-20/h5,7,11,16-17H,2-4,6,8-10,12-13H2,1H3. The molecule has 3 heterocycles. The minimum Gasteiger partial charge on any atom is -0.369 e. The normalized spacial score (nSPS) is 23.1. The Bertz CT molecular complexity index is 434. The highest BCUT2D eigenvalue weighted by atomic mass is 15.3. The molecule has 2 saturated heterocycles. The zero-order chi connectivity index (χ0) is 13.8. The Balaban J connectivity index is 1.63. The highest BCUT2D eigenvalue weighted by Gasteiger charge is 2.30. The van der Waals surface area contributed by atoms with Crippen molar-refractivity contribution in [3.8, 4) is 0 Å². The van der Waals surface area contributed by atoms with E-state index < -0.39 is 0 Å². The minimum absolute atomic E-state index is 0.776. The Morgan fingerprint density at radius 3 is 3.20 bits per heavy atom. The van der Waals surface area contributed by atoms with Crippen LogP contribution in [0.5, 0.6) is 0 Å². The highest BCUT2D eigenvalue weighted by molar-refractivity contribution is 5.47. The van der Waals surface area contributed by atoms with Gasteiger partial charge in [-0.05, 0) is 44.5 Å². The van der Waals surface area contributed by atoms with E-state index in [1.54, 1.807) is 0 Å². The molecule has 4 nitrogen and oxygen atoms in total. The van der Waals surface area contributed by atoms with Gasteiger partial charge in [-0.2, -0.15) is 0 Å². The van der Waals surface area contributed by atoms with Gasteiger partial charge in [-0.1, -0.05) is 6.92 Å². The molecule has 0 spiro atoms. The van der Waals surface area contributed by atoms with Gasteiger partial charge in [0.1, 0.15) is 0 Å². The van der Waals surface area contributed by atoms with Gasteiger partial charge in [-0.3, -0.25) is 9.88 Å². The summed E-state index contributed by atoms with van der Waals surface area (Å²) in [4.78, 5) is 9.67. The number of hydrogen-bond donors (Lipinski definition) is 1. The number of nitrogens with zero attached hydrogens (tertiary/aromatic N) is 3. The van der Waals surface area contributed by atoms with Crippen LogP contribution in [0.25, 0.3) is 0 Å². The van der Waals surface area contributed by atoms with Gasteiger partial charge in [0, 0.05) is 44.1 Å². The molecule has 4 heteroatoms. The van der Waals surface area contributed by atoms with Crippen LogP contribution in [0, 0.1) is 0 Å². The number of pyridine rings is 1. The fourth-order valence-electron chi connectivity index (χ4n) is 3.38. The van der Waals surface area contributed by atoms with Crippen molar-refractivity contribution >= 4 is 5.69 Å². The fourth-order valence-corrected chi connectivity index (χ4v) is 3.38. The van der Waals surface area contributed by atoms with Crippen molar-refractivity contribution in [1.82, 2.24) is 15.2 Å². The summed E-state index contributed by atoms with van der Waals surface area (Å²) in [5.74, 6) is 0. The summed E-state index contributed by atoms with van der Waals surface area (Å²) in [5, 5.41) is 3.43. The first-order valence-corrected chi connectivity index (χ1v) is 8.01. The largest absolute Gasteiger partial charge is 0.369 e. The molecule has 1 N–H and O–H groups in total. The van der Waals surface area contributed by atoms with Gasteiger partial charge in [0.15, 0.2) is 0 Å². The zero-order valence-electron chi connectivity index (χ0n) is 12.5. The van der Waals surface area contributed by atoms with Gasteiger partial charge in [0.25, 0.3) is 0 Å². The van der Waals surface area contributed by atoms with Gasteiger partial charge < -0.3 is 10.2 Å². The summed E-state index contributed by atoms with van der Waals surface area (Å²) in [6.07, 6.45) is 5.87. The van der Waals surface area contributed by atoms with Crippen LogP contribution in [0.1, 0.15) is 31.9 Å². The lowest BCUT2D eigenvalue weighted by Crippen LogP contribution is -2.50. The predicted octanol–water partition coefficient (Wildman–Crippen LogP) is 1.87. The number of aromatic nitrogens is 1. The second kappa shape index (κ2) is 6.55. The number of piperazine rings is 1. The Kier molecular flexibility index (Phi) is 4.53. The van der Waals surface area contributed by atoms with Gasteiger partial charge in [-0.25, -0.2) is 0 Å². The molecule has 3 rings (SSSR count). The van der Waals surface area contributed by atoms with E-state index in [0.717, 1.165) is 31.4 Å². The van der Waals surface area contributed by atoms with Crippen LogP contribution in [0.2, 0.25) is 0 Å². The number of hydrogen-bond acceptors (Lipinski definition) is 4. The molecule has 1 unspecified atom stereocenters. The molecule has 1 aromatic rings. The Labute approximate surface area is 122 Å². The maximum absolute atomic E-state index is 4.47. The van der Waals surface area contributed by atoms with E-state index in [9.17, 15) is 0 Å². The molecule has 2 aliphatic heterocycles. The summed E-state index contributed by atoms with van der Waals surface area (Å²) >= 11 is 0. The van der Waals surface area contributed by atoms with Crippen LogP contribution < -0.4 is 10.2 Å². The van der Waals surface area contributed by atoms with Crippen LogP contribution >= 0.6 is 0 Å². The lowest BCUT2D eigenvalue weighted by Gasteiger charge is -2.38. The van der Waals surface area contributed by atoms with E-state index in [4.69, 9.17) is 0 Å².